The first-order valence-corrected chi connectivity index (χ1v) is 8.27. The van der Waals surface area contributed by atoms with Crippen molar-refractivity contribution >= 4 is 18.7 Å². The van der Waals surface area contributed by atoms with E-state index in [9.17, 15) is 4.79 Å². The molecule has 0 saturated heterocycles. The molecule has 0 aromatic carbocycles. The molecule has 0 aliphatic heterocycles. The van der Waals surface area contributed by atoms with E-state index in [1.54, 1.807) is 27.0 Å². The lowest BCUT2D eigenvalue weighted by atomic mass is 9.91. The number of nitrogens with one attached hydrogen (secondary N) is 1. The van der Waals surface area contributed by atoms with Crippen molar-refractivity contribution in [3.05, 3.63) is 0 Å². The van der Waals surface area contributed by atoms with Gasteiger partial charge in [-0.05, 0) is 32.9 Å². The van der Waals surface area contributed by atoms with E-state index in [0.717, 1.165) is 5.92 Å². The minimum absolute atomic E-state index is 0.0702. The minimum Gasteiger partial charge on any atom is -0.444 e. The molecule has 0 heterocycles. The van der Waals surface area contributed by atoms with Crippen LogP contribution in [0.5, 0.6) is 0 Å². The fraction of sp³-hybridized carbons (Fsp3) is 0.933. The van der Waals surface area contributed by atoms with Gasteiger partial charge in [0.1, 0.15) is 5.60 Å². The van der Waals surface area contributed by atoms with Crippen LogP contribution >= 0.6 is 12.6 Å². The van der Waals surface area contributed by atoms with E-state index in [1.807, 2.05) is 0 Å². The molecule has 0 aromatic heterocycles. The highest BCUT2D eigenvalue weighted by molar-refractivity contribution is 7.79. The van der Waals surface area contributed by atoms with E-state index in [2.05, 4.69) is 24.9 Å². The molecule has 0 atom stereocenters. The quantitative estimate of drug-likeness (QED) is 0.683. The van der Waals surface area contributed by atoms with Crippen LogP contribution in [-0.4, -0.2) is 36.2 Å². The monoisotopic (exact) mass is 307 g/mol. The summed E-state index contributed by atoms with van der Waals surface area (Å²) >= 11 is 3.53. The smallest absolute Gasteiger partial charge is 0.407 e. The Balaban J connectivity index is 0. The van der Waals surface area contributed by atoms with Crippen LogP contribution in [0.2, 0.25) is 0 Å². The second-order valence-corrected chi connectivity index (χ2v) is 5.90. The maximum Gasteiger partial charge on any atom is 0.407 e. The molecule has 4 nitrogen and oxygen atoms in total. The Morgan fingerprint density at radius 2 is 1.75 bits per heavy atom. The third-order valence-electron chi connectivity index (χ3n) is 2.67. The highest BCUT2D eigenvalue weighted by Crippen LogP contribution is 2.22. The van der Waals surface area contributed by atoms with Gasteiger partial charge in [-0.2, -0.15) is 12.6 Å². The summed E-state index contributed by atoms with van der Waals surface area (Å²) in [4.78, 5) is 10.8. The van der Waals surface area contributed by atoms with Crippen molar-refractivity contribution in [2.45, 2.75) is 65.4 Å². The number of ether oxygens (including phenoxy) is 1. The number of amides is 1. The van der Waals surface area contributed by atoms with Crippen LogP contribution in [0.4, 0.5) is 4.79 Å². The van der Waals surface area contributed by atoms with Gasteiger partial charge in [-0.15, -0.1) is 0 Å². The first-order chi connectivity index (χ1) is 9.35. The van der Waals surface area contributed by atoms with Gasteiger partial charge in [-0.25, -0.2) is 4.79 Å². The van der Waals surface area contributed by atoms with Gasteiger partial charge in [0.2, 0.25) is 0 Å². The van der Waals surface area contributed by atoms with Crippen LogP contribution in [0.3, 0.4) is 0 Å². The summed E-state index contributed by atoms with van der Waals surface area (Å²) in [5.74, 6) is 1.04. The molecule has 0 aromatic rings. The van der Waals surface area contributed by atoms with E-state index >= 15 is 0 Å². The largest absolute Gasteiger partial charge is 0.444 e. The maximum atomic E-state index is 10.8. The van der Waals surface area contributed by atoms with Gasteiger partial charge >= 0.3 is 6.09 Å². The highest BCUT2D eigenvalue weighted by Gasteiger charge is 2.14. The average Bonchev–Trinajstić information content (AvgIpc) is 2.38. The van der Waals surface area contributed by atoms with E-state index in [-0.39, 0.29) is 13.2 Å². The molecule has 0 unspecified atom stereocenters. The van der Waals surface area contributed by atoms with Gasteiger partial charge in [0.05, 0.1) is 6.61 Å². The molecule has 5 heteroatoms. The number of carbonyl (C=O) groups is 1. The summed E-state index contributed by atoms with van der Waals surface area (Å²) in [6.07, 6.45) is 8.64. The normalized spacial score (nSPS) is 15.2. The van der Waals surface area contributed by atoms with Crippen LogP contribution in [0.25, 0.3) is 0 Å². The van der Waals surface area contributed by atoms with Gasteiger partial charge in [0, 0.05) is 6.54 Å². The highest BCUT2D eigenvalue weighted by atomic mass is 32.1. The molecule has 1 amide bonds. The van der Waals surface area contributed by atoms with Gasteiger partial charge in [0.25, 0.3) is 0 Å². The van der Waals surface area contributed by atoms with Crippen molar-refractivity contribution in [1.29, 1.82) is 0 Å². The molecule has 1 saturated carbocycles. The first kappa shape index (κ1) is 21.9. The van der Waals surface area contributed by atoms with E-state index in [4.69, 9.17) is 9.84 Å². The van der Waals surface area contributed by atoms with Crippen LogP contribution in [-0.2, 0) is 4.74 Å². The number of thiol groups is 1. The Morgan fingerprint density at radius 3 is 2.05 bits per heavy atom. The molecule has 1 rings (SSSR count). The molecular formula is C15H33NO3S. The zero-order valence-corrected chi connectivity index (χ0v) is 14.6. The lowest BCUT2D eigenvalue weighted by Crippen LogP contribution is -2.33. The Hall–Kier alpha value is -0.420. The maximum absolute atomic E-state index is 10.8. The standard InChI is InChI=1S/C7H15NO3.C7H14.CH4S/c1-7(2,3)11-6(10)8-4-5-9;1-7-5-3-2-4-6-7;1-2/h9H,4-5H2,1-3H3,(H,8,10);7H,2-6H2,1H3;2H,1H3. The summed E-state index contributed by atoms with van der Waals surface area (Å²) in [6, 6.07) is 0. The van der Waals surface area contributed by atoms with Crippen molar-refractivity contribution in [1.82, 2.24) is 5.32 Å². The van der Waals surface area contributed by atoms with Crippen molar-refractivity contribution in [3.8, 4) is 0 Å². The second-order valence-electron chi connectivity index (χ2n) is 5.90. The summed E-state index contributed by atoms with van der Waals surface area (Å²) in [7, 11) is 0. The second kappa shape index (κ2) is 13.6. The van der Waals surface area contributed by atoms with Crippen molar-refractivity contribution in [3.63, 3.8) is 0 Å². The molecule has 2 N–H and O–H groups in total. The van der Waals surface area contributed by atoms with Gasteiger partial charge in [-0.1, -0.05) is 39.0 Å². The Bertz CT molecular complexity index is 224. The zero-order chi connectivity index (χ0) is 16.0. The average molecular weight is 307 g/mol. The molecule has 1 fully saturated rings. The molecule has 0 bridgehead atoms. The topological polar surface area (TPSA) is 58.6 Å². The SMILES string of the molecule is CC(C)(C)OC(=O)NCCO.CC1CCCCC1.CS. The predicted molar refractivity (Wildman–Crippen MR) is 88.5 cm³/mol. The summed E-state index contributed by atoms with van der Waals surface area (Å²) in [6.45, 7) is 7.87. The number of hydrogen-bond donors (Lipinski definition) is 3. The Kier molecular flexibility index (Phi) is 14.8. The molecule has 122 valence electrons. The fourth-order valence-electron chi connectivity index (χ4n) is 1.78. The van der Waals surface area contributed by atoms with Gasteiger partial charge in [-0.3, -0.25) is 0 Å². The molecule has 0 radical (unpaired) electrons. The predicted octanol–water partition coefficient (Wildman–Crippen LogP) is 3.64. The molecule has 20 heavy (non-hydrogen) atoms. The zero-order valence-electron chi connectivity index (χ0n) is 13.7. The Labute approximate surface area is 130 Å². The summed E-state index contributed by atoms with van der Waals surface area (Å²) < 4.78 is 4.88. The number of alkyl carbamates (subject to hydrolysis) is 1. The molecule has 1 aliphatic carbocycles. The summed E-state index contributed by atoms with van der Waals surface area (Å²) in [5.41, 5.74) is -0.473. The third-order valence-corrected chi connectivity index (χ3v) is 2.67. The lowest BCUT2D eigenvalue weighted by Gasteiger charge is -2.19. The number of carbonyl (C=O) groups excluding carboxylic acids is 1. The number of aliphatic hydroxyl groups is 1. The first-order valence-electron chi connectivity index (χ1n) is 7.37. The number of hydrogen-bond acceptors (Lipinski definition) is 4. The van der Waals surface area contributed by atoms with Crippen molar-refractivity contribution < 1.29 is 14.6 Å². The van der Waals surface area contributed by atoms with Gasteiger partial charge in [0.15, 0.2) is 0 Å². The van der Waals surface area contributed by atoms with Crippen LogP contribution < -0.4 is 5.32 Å². The van der Waals surface area contributed by atoms with Crippen molar-refractivity contribution in [2.24, 2.45) is 5.92 Å². The molecular weight excluding hydrogens is 274 g/mol. The van der Waals surface area contributed by atoms with Crippen LogP contribution in [0.1, 0.15) is 59.8 Å². The fourth-order valence-corrected chi connectivity index (χ4v) is 1.78. The molecule has 1 aliphatic rings. The van der Waals surface area contributed by atoms with Crippen LogP contribution in [0, 0.1) is 5.92 Å². The number of rotatable bonds is 2. The van der Waals surface area contributed by atoms with Crippen LogP contribution in [0.15, 0.2) is 0 Å². The van der Waals surface area contributed by atoms with E-state index < -0.39 is 11.7 Å². The minimum atomic E-state index is -0.494. The van der Waals surface area contributed by atoms with Crippen molar-refractivity contribution in [2.75, 3.05) is 19.4 Å². The summed E-state index contributed by atoms with van der Waals surface area (Å²) in [5, 5.41) is 10.7. The molecule has 0 spiro atoms. The lowest BCUT2D eigenvalue weighted by molar-refractivity contribution is 0.0518. The van der Waals surface area contributed by atoms with E-state index in [0.29, 0.717) is 0 Å². The van der Waals surface area contributed by atoms with E-state index in [1.165, 1.54) is 32.1 Å². The van der Waals surface area contributed by atoms with Gasteiger partial charge < -0.3 is 15.2 Å². The Morgan fingerprint density at radius 1 is 1.25 bits per heavy atom. The third kappa shape index (κ3) is 17.6. The number of aliphatic hydroxyl groups excluding tert-OH is 1.